The van der Waals surface area contributed by atoms with E-state index in [-0.39, 0.29) is 0 Å². The highest BCUT2D eigenvalue weighted by atomic mass is 19.4. The number of halogens is 3. The summed E-state index contributed by atoms with van der Waals surface area (Å²) in [4.78, 5) is 7.48. The quantitative estimate of drug-likeness (QED) is 0.909. The summed E-state index contributed by atoms with van der Waals surface area (Å²) in [5.41, 5.74) is 0.508. The second-order valence-electron chi connectivity index (χ2n) is 5.72. The van der Waals surface area contributed by atoms with Gasteiger partial charge in [0.05, 0.1) is 17.5 Å². The number of aromatic amines is 1. The maximum atomic E-state index is 12.8. The van der Waals surface area contributed by atoms with E-state index >= 15 is 0 Å². The van der Waals surface area contributed by atoms with E-state index in [1.165, 1.54) is 6.07 Å². The Bertz CT molecular complexity index is 628. The van der Waals surface area contributed by atoms with Crippen molar-refractivity contribution in [2.75, 3.05) is 13.1 Å². The van der Waals surface area contributed by atoms with E-state index in [9.17, 15) is 13.2 Å². The smallest absolute Gasteiger partial charge is 0.342 e. The fourth-order valence-electron chi connectivity index (χ4n) is 2.84. The van der Waals surface area contributed by atoms with E-state index in [0.29, 0.717) is 17.2 Å². The Morgan fingerprint density at radius 2 is 1.95 bits per heavy atom. The van der Waals surface area contributed by atoms with Crippen molar-refractivity contribution >= 4 is 0 Å². The molecule has 0 atom stereocenters. The molecule has 1 saturated heterocycles. The largest absolute Gasteiger partial charge is 0.416 e. The number of hydrogen-bond acceptors (Lipinski definition) is 2. The molecular weight excluding hydrogens is 291 g/mol. The third kappa shape index (κ3) is 3.50. The van der Waals surface area contributed by atoms with Crippen LogP contribution in [0.15, 0.2) is 30.5 Å². The Balaban J connectivity index is 1.75. The van der Waals surface area contributed by atoms with Gasteiger partial charge in [-0.05, 0) is 44.0 Å². The number of nitrogens with zero attached hydrogens (tertiary/aromatic N) is 1. The number of piperidine rings is 1. The lowest BCUT2D eigenvalue weighted by Gasteiger charge is -2.21. The van der Waals surface area contributed by atoms with Crippen molar-refractivity contribution < 1.29 is 13.2 Å². The molecule has 6 heteroatoms. The van der Waals surface area contributed by atoms with Gasteiger partial charge in [-0.1, -0.05) is 12.1 Å². The van der Waals surface area contributed by atoms with E-state index in [1.807, 2.05) is 0 Å². The zero-order valence-electron chi connectivity index (χ0n) is 12.1. The summed E-state index contributed by atoms with van der Waals surface area (Å²) in [7, 11) is 0. The van der Waals surface area contributed by atoms with Crippen LogP contribution in [0, 0.1) is 5.92 Å². The predicted molar refractivity (Wildman–Crippen MR) is 78.3 cm³/mol. The average Bonchev–Trinajstić information content (AvgIpc) is 2.96. The number of alkyl halides is 3. The van der Waals surface area contributed by atoms with Crippen molar-refractivity contribution in [3.05, 3.63) is 41.9 Å². The number of H-pyrrole nitrogens is 1. The van der Waals surface area contributed by atoms with Gasteiger partial charge in [0.15, 0.2) is 0 Å². The van der Waals surface area contributed by atoms with Crippen LogP contribution < -0.4 is 5.32 Å². The van der Waals surface area contributed by atoms with Crippen LogP contribution in [0.3, 0.4) is 0 Å². The zero-order valence-corrected chi connectivity index (χ0v) is 12.1. The van der Waals surface area contributed by atoms with Crippen molar-refractivity contribution in [3.63, 3.8) is 0 Å². The van der Waals surface area contributed by atoms with Gasteiger partial charge in [0.25, 0.3) is 0 Å². The van der Waals surface area contributed by atoms with Gasteiger partial charge < -0.3 is 10.3 Å². The van der Waals surface area contributed by atoms with E-state index in [2.05, 4.69) is 15.3 Å². The van der Waals surface area contributed by atoms with Gasteiger partial charge in [-0.3, -0.25) is 0 Å². The lowest BCUT2D eigenvalue weighted by atomic mass is 9.94. The SMILES string of the molecule is FC(F)(F)c1cccc(-c2cnc(CC3CCNCC3)[nH]2)c1. The number of benzene rings is 1. The molecule has 0 radical (unpaired) electrons. The maximum Gasteiger partial charge on any atom is 0.416 e. The fraction of sp³-hybridized carbons (Fsp3) is 0.438. The first-order valence-corrected chi connectivity index (χ1v) is 7.44. The van der Waals surface area contributed by atoms with Crippen molar-refractivity contribution in [2.24, 2.45) is 5.92 Å². The number of rotatable bonds is 3. The molecule has 22 heavy (non-hydrogen) atoms. The van der Waals surface area contributed by atoms with Crippen molar-refractivity contribution in [1.29, 1.82) is 0 Å². The van der Waals surface area contributed by atoms with Gasteiger partial charge in [-0.15, -0.1) is 0 Å². The lowest BCUT2D eigenvalue weighted by molar-refractivity contribution is -0.137. The first kappa shape index (κ1) is 15.1. The Morgan fingerprint density at radius 3 is 2.68 bits per heavy atom. The second kappa shape index (κ2) is 6.12. The monoisotopic (exact) mass is 309 g/mol. The van der Waals surface area contributed by atoms with Crippen LogP contribution >= 0.6 is 0 Å². The minimum Gasteiger partial charge on any atom is -0.342 e. The zero-order chi connectivity index (χ0) is 15.6. The summed E-state index contributed by atoms with van der Waals surface area (Å²) in [6, 6.07) is 5.32. The van der Waals surface area contributed by atoms with Gasteiger partial charge in [-0.25, -0.2) is 4.98 Å². The number of imidazole rings is 1. The molecule has 0 saturated carbocycles. The van der Waals surface area contributed by atoms with E-state index in [0.717, 1.165) is 50.3 Å². The second-order valence-corrected chi connectivity index (χ2v) is 5.72. The summed E-state index contributed by atoms with van der Waals surface area (Å²) in [6.45, 7) is 2.04. The molecular formula is C16H18F3N3. The summed E-state index contributed by atoms with van der Waals surface area (Å²) in [5, 5.41) is 3.31. The van der Waals surface area contributed by atoms with E-state index in [1.54, 1.807) is 12.3 Å². The molecule has 0 unspecified atom stereocenters. The molecule has 1 aromatic carbocycles. The highest BCUT2D eigenvalue weighted by Crippen LogP contribution is 2.31. The minimum absolute atomic E-state index is 0.513. The van der Waals surface area contributed by atoms with Crippen molar-refractivity contribution in [1.82, 2.24) is 15.3 Å². The fourth-order valence-corrected chi connectivity index (χ4v) is 2.84. The molecule has 0 amide bonds. The van der Waals surface area contributed by atoms with Crippen molar-refractivity contribution in [2.45, 2.75) is 25.4 Å². The van der Waals surface area contributed by atoms with Crippen LogP contribution in [0.4, 0.5) is 13.2 Å². The first-order chi connectivity index (χ1) is 10.5. The molecule has 2 N–H and O–H groups in total. The van der Waals surface area contributed by atoms with Crippen LogP contribution in [-0.2, 0) is 12.6 Å². The van der Waals surface area contributed by atoms with Crippen LogP contribution in [-0.4, -0.2) is 23.1 Å². The summed E-state index contributed by atoms with van der Waals surface area (Å²) >= 11 is 0. The van der Waals surface area contributed by atoms with Crippen LogP contribution in [0.2, 0.25) is 0 Å². The normalized spacial score (nSPS) is 16.9. The molecule has 1 aliphatic rings. The number of aromatic nitrogens is 2. The molecule has 0 bridgehead atoms. The molecule has 2 aromatic rings. The molecule has 1 fully saturated rings. The Kier molecular flexibility index (Phi) is 4.20. The molecule has 1 aromatic heterocycles. The number of hydrogen-bond donors (Lipinski definition) is 2. The van der Waals surface area contributed by atoms with Gasteiger partial charge in [0.2, 0.25) is 0 Å². The number of nitrogens with one attached hydrogen (secondary N) is 2. The van der Waals surface area contributed by atoms with Gasteiger partial charge in [-0.2, -0.15) is 13.2 Å². The molecule has 2 heterocycles. The average molecular weight is 309 g/mol. The molecule has 1 aliphatic heterocycles. The van der Waals surface area contributed by atoms with E-state index < -0.39 is 11.7 Å². The Labute approximate surface area is 127 Å². The predicted octanol–water partition coefficient (Wildman–Crippen LogP) is 3.64. The van der Waals surface area contributed by atoms with Crippen LogP contribution in [0.5, 0.6) is 0 Å². The first-order valence-electron chi connectivity index (χ1n) is 7.44. The van der Waals surface area contributed by atoms with E-state index in [4.69, 9.17) is 0 Å². The maximum absolute atomic E-state index is 12.8. The highest BCUT2D eigenvalue weighted by molar-refractivity contribution is 5.59. The summed E-state index contributed by atoms with van der Waals surface area (Å²) < 4.78 is 38.3. The standard InChI is InChI=1S/C16H18F3N3/c17-16(18,19)13-3-1-2-12(9-13)14-10-21-15(22-14)8-11-4-6-20-7-5-11/h1-3,9-11,20H,4-8H2,(H,21,22). The van der Waals surface area contributed by atoms with Crippen LogP contribution in [0.1, 0.15) is 24.2 Å². The van der Waals surface area contributed by atoms with Gasteiger partial charge in [0, 0.05) is 12.0 Å². The molecule has 3 nitrogen and oxygen atoms in total. The molecule has 0 aliphatic carbocycles. The lowest BCUT2D eigenvalue weighted by Crippen LogP contribution is -2.28. The van der Waals surface area contributed by atoms with Gasteiger partial charge in [0.1, 0.15) is 5.82 Å². The highest BCUT2D eigenvalue weighted by Gasteiger charge is 2.30. The minimum atomic E-state index is -4.33. The van der Waals surface area contributed by atoms with Crippen molar-refractivity contribution in [3.8, 4) is 11.3 Å². The Hall–Kier alpha value is -1.82. The third-order valence-electron chi connectivity index (χ3n) is 4.07. The topological polar surface area (TPSA) is 40.7 Å². The third-order valence-corrected chi connectivity index (χ3v) is 4.07. The summed E-state index contributed by atoms with van der Waals surface area (Å²) in [6.07, 6.45) is 0.361. The summed E-state index contributed by atoms with van der Waals surface area (Å²) in [5.74, 6) is 1.43. The van der Waals surface area contributed by atoms with Crippen LogP contribution in [0.25, 0.3) is 11.3 Å². The Morgan fingerprint density at radius 1 is 1.18 bits per heavy atom. The molecule has 0 spiro atoms. The van der Waals surface area contributed by atoms with Gasteiger partial charge >= 0.3 is 6.18 Å². The molecule has 118 valence electrons. The molecule has 3 rings (SSSR count).